The molecule has 2 aromatic rings. The summed E-state index contributed by atoms with van der Waals surface area (Å²) >= 11 is 0. The third kappa shape index (κ3) is 8.76. The number of ether oxygens (including phenoxy) is 1. The Bertz CT molecular complexity index is 698. The van der Waals surface area contributed by atoms with E-state index in [2.05, 4.69) is 44.8 Å². The van der Waals surface area contributed by atoms with Gasteiger partial charge in [-0.05, 0) is 55.6 Å². The van der Waals surface area contributed by atoms with Crippen LogP contribution in [0.4, 0.5) is 0 Å². The summed E-state index contributed by atoms with van der Waals surface area (Å²) in [7, 11) is 1.79. The van der Waals surface area contributed by atoms with Crippen LogP contribution in [0.5, 0.6) is 0 Å². The fraction of sp³-hybridized carbons (Fsp3) is 0.500. The van der Waals surface area contributed by atoms with Crippen molar-refractivity contribution < 1.29 is 9.15 Å². The lowest BCUT2D eigenvalue weighted by Gasteiger charge is -2.15. The minimum absolute atomic E-state index is 0. The van der Waals surface area contributed by atoms with Crippen LogP contribution in [0.15, 0.2) is 52.1 Å². The molecule has 7 heteroatoms. The first kappa shape index (κ1) is 23.7. The van der Waals surface area contributed by atoms with E-state index in [9.17, 15) is 0 Å². The Hall–Kier alpha value is -1.58. The number of rotatable bonds is 10. The summed E-state index contributed by atoms with van der Waals surface area (Å²) in [6.07, 6.45) is 5.25. The van der Waals surface area contributed by atoms with Gasteiger partial charge in [-0.2, -0.15) is 0 Å². The number of guanidine groups is 1. The summed E-state index contributed by atoms with van der Waals surface area (Å²) < 4.78 is 10.8. The number of benzene rings is 1. The van der Waals surface area contributed by atoms with E-state index in [4.69, 9.17) is 9.15 Å². The van der Waals surface area contributed by atoms with Crippen LogP contribution >= 0.6 is 24.0 Å². The van der Waals surface area contributed by atoms with Gasteiger partial charge in [0.2, 0.25) is 0 Å². The maximum atomic E-state index is 5.58. The van der Waals surface area contributed by atoms with E-state index >= 15 is 0 Å². The lowest BCUT2D eigenvalue weighted by atomic mass is 10.1. The molecule has 0 bridgehead atoms. The number of furan rings is 1. The van der Waals surface area contributed by atoms with Gasteiger partial charge in [-0.1, -0.05) is 24.3 Å². The van der Waals surface area contributed by atoms with Crippen molar-refractivity contribution in [2.45, 2.75) is 39.0 Å². The Balaban J connectivity index is 0.00000300. The van der Waals surface area contributed by atoms with Crippen LogP contribution in [0.1, 0.15) is 36.1 Å². The van der Waals surface area contributed by atoms with Gasteiger partial charge in [0.25, 0.3) is 0 Å². The van der Waals surface area contributed by atoms with Gasteiger partial charge >= 0.3 is 0 Å². The first-order valence-corrected chi connectivity index (χ1v) is 10.2. The zero-order chi connectivity index (χ0) is 19.4. The fourth-order valence-corrected chi connectivity index (χ4v) is 3.32. The van der Waals surface area contributed by atoms with E-state index in [1.165, 1.54) is 37.1 Å². The number of hydrogen-bond acceptors (Lipinski definition) is 4. The number of aliphatic imine (C=N–C) groups is 1. The molecule has 160 valence electrons. The molecule has 1 saturated heterocycles. The summed E-state index contributed by atoms with van der Waals surface area (Å²) in [5.74, 6) is 1.67. The van der Waals surface area contributed by atoms with E-state index in [1.807, 2.05) is 12.1 Å². The third-order valence-corrected chi connectivity index (χ3v) is 4.89. The van der Waals surface area contributed by atoms with Gasteiger partial charge in [-0.25, -0.2) is 0 Å². The minimum atomic E-state index is 0. The second kappa shape index (κ2) is 13.6. The van der Waals surface area contributed by atoms with Crippen molar-refractivity contribution in [3.8, 4) is 0 Å². The number of nitrogens with zero attached hydrogens (tertiary/aromatic N) is 2. The Kier molecular flexibility index (Phi) is 11.1. The highest BCUT2D eigenvalue weighted by molar-refractivity contribution is 14.0. The first-order chi connectivity index (χ1) is 13.8. The van der Waals surface area contributed by atoms with Crippen LogP contribution in [0.3, 0.4) is 0 Å². The van der Waals surface area contributed by atoms with E-state index < -0.39 is 0 Å². The second-order valence-electron chi connectivity index (χ2n) is 7.14. The van der Waals surface area contributed by atoms with Crippen molar-refractivity contribution in [2.24, 2.45) is 4.99 Å². The van der Waals surface area contributed by atoms with E-state index in [0.29, 0.717) is 13.2 Å². The van der Waals surface area contributed by atoms with Crippen LogP contribution < -0.4 is 10.6 Å². The Morgan fingerprint density at radius 1 is 1.10 bits per heavy atom. The lowest BCUT2D eigenvalue weighted by Crippen LogP contribution is -2.37. The van der Waals surface area contributed by atoms with Crippen LogP contribution in [0.2, 0.25) is 0 Å². The molecule has 0 amide bonds. The molecule has 3 rings (SSSR count). The van der Waals surface area contributed by atoms with Gasteiger partial charge in [0.1, 0.15) is 12.4 Å². The fourth-order valence-electron chi connectivity index (χ4n) is 3.32. The SMILES string of the molecule is CN=C(NCCCOCc1ccco1)NCc1ccc(CN2CCCC2)cc1.I. The predicted octanol–water partition coefficient (Wildman–Crippen LogP) is 3.77. The highest BCUT2D eigenvalue weighted by Gasteiger charge is 2.11. The molecule has 0 unspecified atom stereocenters. The third-order valence-electron chi connectivity index (χ3n) is 4.89. The molecule has 2 heterocycles. The van der Waals surface area contributed by atoms with Gasteiger partial charge in [-0.3, -0.25) is 9.89 Å². The van der Waals surface area contributed by atoms with Crippen molar-refractivity contribution in [1.29, 1.82) is 0 Å². The molecule has 1 aliphatic rings. The van der Waals surface area contributed by atoms with Crippen LogP contribution in [0.25, 0.3) is 0 Å². The molecular weight excluding hydrogens is 479 g/mol. The zero-order valence-electron chi connectivity index (χ0n) is 17.2. The maximum Gasteiger partial charge on any atom is 0.191 e. The van der Waals surface area contributed by atoms with Crippen molar-refractivity contribution in [3.05, 3.63) is 59.5 Å². The summed E-state index contributed by atoms with van der Waals surface area (Å²) in [6.45, 7) is 6.32. The van der Waals surface area contributed by atoms with Crippen molar-refractivity contribution in [3.63, 3.8) is 0 Å². The average Bonchev–Trinajstić information content (AvgIpc) is 3.42. The van der Waals surface area contributed by atoms with Crippen LogP contribution in [-0.4, -0.2) is 44.1 Å². The normalized spacial score (nSPS) is 14.6. The summed E-state index contributed by atoms with van der Waals surface area (Å²) in [6, 6.07) is 12.7. The summed E-state index contributed by atoms with van der Waals surface area (Å²) in [4.78, 5) is 6.80. The number of hydrogen-bond donors (Lipinski definition) is 2. The highest BCUT2D eigenvalue weighted by atomic mass is 127. The molecule has 1 aromatic carbocycles. The van der Waals surface area contributed by atoms with Crippen molar-refractivity contribution >= 4 is 29.9 Å². The van der Waals surface area contributed by atoms with E-state index in [0.717, 1.165) is 37.8 Å². The standard InChI is InChI=1S/C22H32N4O2.HI/c1-23-22(24-11-5-14-27-18-21-6-4-15-28-21)25-16-19-7-9-20(10-8-19)17-26-12-2-3-13-26;/h4,6-10,15H,2-3,5,11-14,16-18H2,1H3,(H2,23,24,25);1H. The molecular formula is C22H33IN4O2. The summed E-state index contributed by atoms with van der Waals surface area (Å²) in [5.41, 5.74) is 2.65. The molecule has 1 fully saturated rings. The Morgan fingerprint density at radius 2 is 1.86 bits per heavy atom. The van der Waals surface area contributed by atoms with Gasteiger partial charge in [-0.15, -0.1) is 24.0 Å². The smallest absolute Gasteiger partial charge is 0.191 e. The molecule has 0 radical (unpaired) electrons. The zero-order valence-corrected chi connectivity index (χ0v) is 19.6. The number of halogens is 1. The van der Waals surface area contributed by atoms with Crippen molar-refractivity contribution in [2.75, 3.05) is 33.3 Å². The van der Waals surface area contributed by atoms with Crippen LogP contribution in [-0.2, 0) is 24.4 Å². The van der Waals surface area contributed by atoms with Crippen molar-refractivity contribution in [1.82, 2.24) is 15.5 Å². The topological polar surface area (TPSA) is 62.0 Å². The lowest BCUT2D eigenvalue weighted by molar-refractivity contribution is 0.105. The molecule has 1 aliphatic heterocycles. The Labute approximate surface area is 191 Å². The average molecular weight is 512 g/mol. The molecule has 1 aromatic heterocycles. The highest BCUT2D eigenvalue weighted by Crippen LogP contribution is 2.13. The Morgan fingerprint density at radius 3 is 2.55 bits per heavy atom. The van der Waals surface area contributed by atoms with Crippen LogP contribution in [0, 0.1) is 0 Å². The van der Waals surface area contributed by atoms with Gasteiger partial charge in [0.05, 0.1) is 6.26 Å². The molecule has 0 aliphatic carbocycles. The molecule has 0 spiro atoms. The maximum absolute atomic E-state index is 5.58. The quantitative estimate of drug-likeness (QED) is 0.220. The molecule has 6 nitrogen and oxygen atoms in total. The molecule has 0 saturated carbocycles. The monoisotopic (exact) mass is 512 g/mol. The second-order valence-corrected chi connectivity index (χ2v) is 7.14. The van der Waals surface area contributed by atoms with Gasteiger partial charge in [0, 0.05) is 33.3 Å². The minimum Gasteiger partial charge on any atom is -0.467 e. The molecule has 0 atom stereocenters. The van der Waals surface area contributed by atoms with E-state index in [-0.39, 0.29) is 24.0 Å². The summed E-state index contributed by atoms with van der Waals surface area (Å²) in [5, 5.41) is 6.69. The molecule has 29 heavy (non-hydrogen) atoms. The number of nitrogens with one attached hydrogen (secondary N) is 2. The van der Waals surface area contributed by atoms with Gasteiger partial charge in [0.15, 0.2) is 5.96 Å². The number of likely N-dealkylation sites (tertiary alicyclic amines) is 1. The van der Waals surface area contributed by atoms with Gasteiger partial charge < -0.3 is 19.8 Å². The predicted molar refractivity (Wildman–Crippen MR) is 128 cm³/mol. The molecule has 2 N–H and O–H groups in total. The van der Waals surface area contributed by atoms with E-state index in [1.54, 1.807) is 13.3 Å². The largest absolute Gasteiger partial charge is 0.467 e. The first-order valence-electron chi connectivity index (χ1n) is 10.2.